The first-order valence-electron chi connectivity index (χ1n) is 7.21. The van der Waals surface area contributed by atoms with Gasteiger partial charge >= 0.3 is 0 Å². The number of ether oxygens (including phenoxy) is 1. The third-order valence-electron chi connectivity index (χ3n) is 3.12. The molecule has 122 valence electrons. The van der Waals surface area contributed by atoms with Gasteiger partial charge in [-0.05, 0) is 48.5 Å². The van der Waals surface area contributed by atoms with Crippen LogP contribution < -0.4 is 10.1 Å². The average molecular weight is 327 g/mol. The summed E-state index contributed by atoms with van der Waals surface area (Å²) in [4.78, 5) is 15.1. The number of nitrogens with zero attached hydrogens (tertiary/aromatic N) is 2. The molecule has 0 spiro atoms. The van der Waals surface area contributed by atoms with E-state index in [9.17, 15) is 9.18 Å². The Labute approximate surface area is 137 Å². The molecular weight excluding hydrogens is 313 g/mol. The average Bonchev–Trinajstić information content (AvgIpc) is 3.05. The molecule has 0 bridgehead atoms. The quantitative estimate of drug-likeness (QED) is 0.778. The van der Waals surface area contributed by atoms with Crippen LogP contribution in [0.2, 0.25) is 0 Å². The van der Waals surface area contributed by atoms with Gasteiger partial charge in [-0.15, -0.1) is 0 Å². The number of carbonyl (C=O) groups is 1. The second-order valence-electron chi connectivity index (χ2n) is 5.00. The molecule has 0 saturated heterocycles. The summed E-state index contributed by atoms with van der Waals surface area (Å²) in [6, 6.07) is 12.8. The number of benzene rings is 2. The lowest BCUT2D eigenvalue weighted by molar-refractivity contribution is -0.119. The maximum absolute atomic E-state index is 12.9. The third-order valence-corrected chi connectivity index (χ3v) is 3.12. The Morgan fingerprint density at radius 1 is 1.12 bits per heavy atom. The summed E-state index contributed by atoms with van der Waals surface area (Å²) < 4.78 is 23.5. The fourth-order valence-electron chi connectivity index (χ4n) is 1.95. The van der Waals surface area contributed by atoms with Crippen LogP contribution in [0.4, 0.5) is 4.39 Å². The van der Waals surface area contributed by atoms with Gasteiger partial charge in [-0.3, -0.25) is 4.79 Å². The molecule has 0 aliphatic carbocycles. The second kappa shape index (κ2) is 6.91. The third kappa shape index (κ3) is 3.95. The molecule has 3 aromatic rings. The molecule has 3 rings (SSSR count). The summed E-state index contributed by atoms with van der Waals surface area (Å²) >= 11 is 0. The highest BCUT2D eigenvalue weighted by molar-refractivity contribution is 5.72. The molecule has 0 atom stereocenters. The van der Waals surface area contributed by atoms with E-state index in [1.54, 1.807) is 36.4 Å². The lowest BCUT2D eigenvalue weighted by Crippen LogP contribution is -2.18. The number of aromatic nitrogens is 2. The lowest BCUT2D eigenvalue weighted by Gasteiger charge is -2.05. The number of nitrogens with one attached hydrogen (secondary N) is 1. The van der Waals surface area contributed by atoms with Crippen LogP contribution in [0.15, 0.2) is 53.1 Å². The molecule has 1 heterocycles. The normalized spacial score (nSPS) is 10.4. The van der Waals surface area contributed by atoms with Crippen molar-refractivity contribution in [1.82, 2.24) is 15.5 Å². The minimum absolute atomic E-state index is 0.169. The van der Waals surface area contributed by atoms with Crippen molar-refractivity contribution in [3.05, 3.63) is 60.2 Å². The molecular formula is C17H14FN3O3. The highest BCUT2D eigenvalue weighted by atomic mass is 19.1. The second-order valence-corrected chi connectivity index (χ2v) is 5.00. The van der Waals surface area contributed by atoms with Gasteiger partial charge in [-0.25, -0.2) is 4.39 Å². The molecule has 1 amide bonds. The van der Waals surface area contributed by atoms with E-state index in [1.165, 1.54) is 19.1 Å². The largest absolute Gasteiger partial charge is 0.457 e. The van der Waals surface area contributed by atoms with E-state index in [0.29, 0.717) is 23.2 Å². The van der Waals surface area contributed by atoms with Crippen molar-refractivity contribution >= 4 is 5.91 Å². The van der Waals surface area contributed by atoms with E-state index >= 15 is 0 Å². The van der Waals surface area contributed by atoms with Crippen molar-refractivity contribution in [3.8, 4) is 22.9 Å². The van der Waals surface area contributed by atoms with Crippen LogP contribution in [0, 0.1) is 5.82 Å². The van der Waals surface area contributed by atoms with Gasteiger partial charge < -0.3 is 14.6 Å². The van der Waals surface area contributed by atoms with E-state index < -0.39 is 0 Å². The summed E-state index contributed by atoms with van der Waals surface area (Å²) in [5.74, 6) is 1.41. The Bertz CT molecular complexity index is 829. The summed E-state index contributed by atoms with van der Waals surface area (Å²) in [6.45, 7) is 1.60. The number of hydrogen-bond donors (Lipinski definition) is 1. The monoisotopic (exact) mass is 327 g/mol. The topological polar surface area (TPSA) is 77.2 Å². The lowest BCUT2D eigenvalue weighted by atomic mass is 10.2. The maximum Gasteiger partial charge on any atom is 0.246 e. The Kier molecular flexibility index (Phi) is 4.51. The molecule has 1 N–H and O–H groups in total. The van der Waals surface area contributed by atoms with Crippen LogP contribution >= 0.6 is 0 Å². The Balaban J connectivity index is 1.68. The molecule has 2 aromatic carbocycles. The van der Waals surface area contributed by atoms with E-state index in [4.69, 9.17) is 9.26 Å². The van der Waals surface area contributed by atoms with Crippen molar-refractivity contribution < 1.29 is 18.4 Å². The highest BCUT2D eigenvalue weighted by Crippen LogP contribution is 2.24. The minimum atomic E-state index is -0.315. The van der Waals surface area contributed by atoms with Crippen LogP contribution in [-0.4, -0.2) is 16.0 Å². The summed E-state index contributed by atoms with van der Waals surface area (Å²) in [6.07, 6.45) is 0. The highest BCUT2D eigenvalue weighted by Gasteiger charge is 2.09. The number of carbonyl (C=O) groups excluding carboxylic acids is 1. The van der Waals surface area contributed by atoms with E-state index in [0.717, 1.165) is 5.56 Å². The van der Waals surface area contributed by atoms with Crippen LogP contribution in [0.3, 0.4) is 0 Å². The van der Waals surface area contributed by atoms with Crippen molar-refractivity contribution in [2.24, 2.45) is 0 Å². The number of hydrogen-bond acceptors (Lipinski definition) is 5. The molecule has 0 aliphatic heterocycles. The van der Waals surface area contributed by atoms with E-state index in [2.05, 4.69) is 15.5 Å². The fraction of sp³-hybridized carbons (Fsp3) is 0.118. The van der Waals surface area contributed by atoms with Crippen molar-refractivity contribution in [2.75, 3.05) is 0 Å². The number of amides is 1. The fourth-order valence-corrected chi connectivity index (χ4v) is 1.95. The van der Waals surface area contributed by atoms with Crippen molar-refractivity contribution in [2.45, 2.75) is 13.5 Å². The summed E-state index contributed by atoms with van der Waals surface area (Å²) in [5.41, 5.74) is 0.749. The first kappa shape index (κ1) is 15.7. The zero-order valence-corrected chi connectivity index (χ0v) is 12.8. The zero-order chi connectivity index (χ0) is 16.9. The molecule has 24 heavy (non-hydrogen) atoms. The SMILES string of the molecule is CC(=O)NCc1nc(-c2ccc(Oc3ccc(F)cc3)cc2)no1. The summed E-state index contributed by atoms with van der Waals surface area (Å²) in [7, 11) is 0. The Hall–Kier alpha value is -3.22. The number of rotatable bonds is 5. The first-order chi connectivity index (χ1) is 11.6. The van der Waals surface area contributed by atoms with Crippen LogP contribution in [-0.2, 0) is 11.3 Å². The van der Waals surface area contributed by atoms with Gasteiger partial charge in [0, 0.05) is 12.5 Å². The van der Waals surface area contributed by atoms with E-state index in [1.807, 2.05) is 0 Å². The standard InChI is InChI=1S/C17H14FN3O3/c1-11(22)19-10-16-20-17(21-24-16)12-2-6-14(7-3-12)23-15-8-4-13(18)5-9-15/h2-9H,10H2,1H3,(H,19,22). The van der Waals surface area contributed by atoms with Crippen LogP contribution in [0.1, 0.15) is 12.8 Å². The predicted molar refractivity (Wildman–Crippen MR) is 83.7 cm³/mol. The molecule has 6 nitrogen and oxygen atoms in total. The number of halogens is 1. The smallest absolute Gasteiger partial charge is 0.246 e. The van der Waals surface area contributed by atoms with Gasteiger partial charge in [0.25, 0.3) is 0 Å². The zero-order valence-electron chi connectivity index (χ0n) is 12.8. The van der Waals surface area contributed by atoms with Crippen molar-refractivity contribution in [1.29, 1.82) is 0 Å². The molecule has 0 aliphatic rings. The predicted octanol–water partition coefficient (Wildman–Crippen LogP) is 3.30. The van der Waals surface area contributed by atoms with Gasteiger partial charge in [-0.1, -0.05) is 5.16 Å². The Morgan fingerprint density at radius 3 is 2.38 bits per heavy atom. The van der Waals surface area contributed by atoms with Gasteiger partial charge in [-0.2, -0.15) is 4.98 Å². The Morgan fingerprint density at radius 2 is 1.75 bits per heavy atom. The van der Waals surface area contributed by atoms with Gasteiger partial charge in [0.1, 0.15) is 17.3 Å². The maximum atomic E-state index is 12.9. The van der Waals surface area contributed by atoms with Gasteiger partial charge in [0.05, 0.1) is 6.54 Å². The summed E-state index contributed by atoms with van der Waals surface area (Å²) in [5, 5.41) is 6.45. The molecule has 7 heteroatoms. The molecule has 1 aromatic heterocycles. The molecule has 0 fully saturated rings. The first-order valence-corrected chi connectivity index (χ1v) is 7.21. The van der Waals surface area contributed by atoms with Gasteiger partial charge in [0.15, 0.2) is 0 Å². The van der Waals surface area contributed by atoms with Crippen molar-refractivity contribution in [3.63, 3.8) is 0 Å². The molecule has 0 radical (unpaired) electrons. The van der Waals surface area contributed by atoms with Crippen LogP contribution in [0.5, 0.6) is 11.5 Å². The molecule has 0 saturated carbocycles. The van der Waals surface area contributed by atoms with E-state index in [-0.39, 0.29) is 18.3 Å². The van der Waals surface area contributed by atoms with Crippen LogP contribution in [0.25, 0.3) is 11.4 Å². The molecule has 0 unspecified atom stereocenters. The van der Waals surface area contributed by atoms with Gasteiger partial charge in [0.2, 0.25) is 17.6 Å². The minimum Gasteiger partial charge on any atom is -0.457 e.